The van der Waals surface area contributed by atoms with Crippen molar-refractivity contribution in [2.45, 2.75) is 47.0 Å². The first-order valence-corrected chi connectivity index (χ1v) is 9.63. The van der Waals surface area contributed by atoms with Crippen LogP contribution >= 0.6 is 0 Å². The lowest BCUT2D eigenvalue weighted by Crippen LogP contribution is -2.53. The Bertz CT molecular complexity index is 420. The van der Waals surface area contributed by atoms with Crippen molar-refractivity contribution in [3.63, 3.8) is 0 Å². The Hall–Kier alpha value is -1.10. The van der Waals surface area contributed by atoms with E-state index in [4.69, 9.17) is 0 Å². The molecular weight excluding hydrogens is 302 g/mol. The Labute approximate surface area is 147 Å². The van der Waals surface area contributed by atoms with Gasteiger partial charge in [-0.25, -0.2) is 0 Å². The largest absolute Gasteiger partial charge is 0.341 e. The zero-order valence-electron chi connectivity index (χ0n) is 16.0. The SMILES string of the molecule is CC(C)CCC(=O)N1CCN(CC(=O)N2CC(C)CC(C)C2)CC1. The molecule has 0 radical (unpaired) electrons. The Morgan fingerprint density at radius 2 is 1.50 bits per heavy atom. The van der Waals surface area contributed by atoms with Gasteiger partial charge in [0.05, 0.1) is 6.54 Å². The van der Waals surface area contributed by atoms with Crippen LogP contribution in [-0.4, -0.2) is 72.3 Å². The normalized spacial score (nSPS) is 26.0. The van der Waals surface area contributed by atoms with Crippen LogP contribution in [0.2, 0.25) is 0 Å². The molecule has 2 atom stereocenters. The second-order valence-electron chi connectivity index (χ2n) is 8.33. The first-order valence-electron chi connectivity index (χ1n) is 9.63. The van der Waals surface area contributed by atoms with E-state index in [2.05, 4.69) is 32.6 Å². The number of carbonyl (C=O) groups excluding carboxylic acids is 2. The van der Waals surface area contributed by atoms with E-state index in [1.54, 1.807) is 0 Å². The maximum atomic E-state index is 12.6. The lowest BCUT2D eigenvalue weighted by Gasteiger charge is -2.38. The Morgan fingerprint density at radius 3 is 2.04 bits per heavy atom. The number of amides is 2. The van der Waals surface area contributed by atoms with Crippen molar-refractivity contribution in [2.75, 3.05) is 45.8 Å². The van der Waals surface area contributed by atoms with E-state index < -0.39 is 0 Å². The number of nitrogens with zero attached hydrogens (tertiary/aromatic N) is 3. The van der Waals surface area contributed by atoms with E-state index in [1.807, 2.05) is 9.80 Å². The molecule has 0 N–H and O–H groups in total. The quantitative estimate of drug-likeness (QED) is 0.771. The maximum Gasteiger partial charge on any atom is 0.236 e. The van der Waals surface area contributed by atoms with Gasteiger partial charge in [-0.05, 0) is 30.6 Å². The van der Waals surface area contributed by atoms with Crippen LogP contribution in [0.3, 0.4) is 0 Å². The summed E-state index contributed by atoms with van der Waals surface area (Å²) in [6.07, 6.45) is 2.84. The molecule has 0 aromatic carbocycles. The molecule has 0 saturated carbocycles. The van der Waals surface area contributed by atoms with E-state index in [9.17, 15) is 9.59 Å². The van der Waals surface area contributed by atoms with Crippen LogP contribution in [0.4, 0.5) is 0 Å². The number of piperazine rings is 1. The summed E-state index contributed by atoms with van der Waals surface area (Å²) in [4.78, 5) is 31.0. The number of rotatable bonds is 5. The average molecular weight is 338 g/mol. The highest BCUT2D eigenvalue weighted by atomic mass is 16.2. The molecule has 0 bridgehead atoms. The lowest BCUT2D eigenvalue weighted by atomic mass is 9.92. The third-order valence-electron chi connectivity index (χ3n) is 5.24. The average Bonchev–Trinajstić information content (AvgIpc) is 2.52. The van der Waals surface area contributed by atoms with Gasteiger partial charge in [-0.2, -0.15) is 0 Å². The van der Waals surface area contributed by atoms with Gasteiger partial charge in [-0.1, -0.05) is 27.7 Å². The van der Waals surface area contributed by atoms with Gasteiger partial charge < -0.3 is 9.80 Å². The highest BCUT2D eigenvalue weighted by Crippen LogP contribution is 2.21. The summed E-state index contributed by atoms with van der Waals surface area (Å²) in [6.45, 7) is 14.2. The highest BCUT2D eigenvalue weighted by Gasteiger charge is 2.28. The summed E-state index contributed by atoms with van der Waals surface area (Å²) >= 11 is 0. The molecule has 5 heteroatoms. The van der Waals surface area contributed by atoms with Crippen LogP contribution in [0.5, 0.6) is 0 Å². The summed E-state index contributed by atoms with van der Waals surface area (Å²) < 4.78 is 0. The summed E-state index contributed by atoms with van der Waals surface area (Å²) in [5.41, 5.74) is 0. The van der Waals surface area contributed by atoms with Gasteiger partial charge in [0.2, 0.25) is 11.8 Å². The lowest BCUT2D eigenvalue weighted by molar-refractivity contribution is -0.137. The summed E-state index contributed by atoms with van der Waals surface area (Å²) in [5.74, 6) is 2.31. The molecule has 0 aromatic rings. The number of hydrogen-bond donors (Lipinski definition) is 0. The van der Waals surface area contributed by atoms with E-state index in [-0.39, 0.29) is 11.8 Å². The van der Waals surface area contributed by atoms with Crippen LogP contribution in [0.15, 0.2) is 0 Å². The summed E-state index contributed by atoms with van der Waals surface area (Å²) in [6, 6.07) is 0. The zero-order valence-corrected chi connectivity index (χ0v) is 16.0. The molecule has 138 valence electrons. The first kappa shape index (κ1) is 19.2. The minimum Gasteiger partial charge on any atom is -0.341 e. The minimum atomic E-state index is 0.257. The molecule has 2 heterocycles. The number of carbonyl (C=O) groups is 2. The van der Waals surface area contributed by atoms with Crippen LogP contribution in [0.25, 0.3) is 0 Å². The monoisotopic (exact) mass is 337 g/mol. The topological polar surface area (TPSA) is 43.9 Å². The molecule has 2 aliphatic rings. The van der Waals surface area contributed by atoms with Crippen molar-refractivity contribution >= 4 is 11.8 Å². The molecule has 5 nitrogen and oxygen atoms in total. The van der Waals surface area contributed by atoms with E-state index in [0.717, 1.165) is 45.7 Å². The van der Waals surface area contributed by atoms with Crippen molar-refractivity contribution in [1.29, 1.82) is 0 Å². The first-order chi connectivity index (χ1) is 11.3. The van der Waals surface area contributed by atoms with Gasteiger partial charge >= 0.3 is 0 Å². The molecule has 2 aliphatic heterocycles. The van der Waals surface area contributed by atoms with Gasteiger partial charge in [0, 0.05) is 45.7 Å². The van der Waals surface area contributed by atoms with Crippen molar-refractivity contribution in [1.82, 2.24) is 14.7 Å². The van der Waals surface area contributed by atoms with E-state index in [0.29, 0.717) is 30.7 Å². The van der Waals surface area contributed by atoms with E-state index in [1.165, 1.54) is 6.42 Å². The minimum absolute atomic E-state index is 0.257. The fourth-order valence-electron chi connectivity index (χ4n) is 3.88. The van der Waals surface area contributed by atoms with Gasteiger partial charge in [-0.3, -0.25) is 14.5 Å². The smallest absolute Gasteiger partial charge is 0.236 e. The number of likely N-dealkylation sites (tertiary alicyclic amines) is 1. The molecule has 0 aromatic heterocycles. The Kier molecular flexibility index (Phi) is 7.08. The van der Waals surface area contributed by atoms with Crippen molar-refractivity contribution < 1.29 is 9.59 Å². The third kappa shape index (κ3) is 5.76. The second-order valence-corrected chi connectivity index (χ2v) is 8.33. The highest BCUT2D eigenvalue weighted by molar-refractivity contribution is 5.78. The predicted octanol–water partition coefficient (Wildman–Crippen LogP) is 2.07. The summed E-state index contributed by atoms with van der Waals surface area (Å²) in [5, 5.41) is 0. The summed E-state index contributed by atoms with van der Waals surface area (Å²) in [7, 11) is 0. The standard InChI is InChI=1S/C19H35N3O2/c1-15(2)5-6-18(23)21-9-7-20(8-10-21)14-19(24)22-12-16(3)11-17(4)13-22/h15-17H,5-14H2,1-4H3. The van der Waals surface area contributed by atoms with E-state index >= 15 is 0 Å². The van der Waals surface area contributed by atoms with Gasteiger partial charge in [-0.15, -0.1) is 0 Å². The molecule has 2 unspecified atom stereocenters. The molecule has 2 fully saturated rings. The molecule has 0 aliphatic carbocycles. The Balaban J connectivity index is 1.72. The molecule has 2 saturated heterocycles. The van der Waals surface area contributed by atoms with Crippen LogP contribution < -0.4 is 0 Å². The molecule has 2 amide bonds. The van der Waals surface area contributed by atoms with Crippen LogP contribution in [0.1, 0.15) is 47.0 Å². The van der Waals surface area contributed by atoms with Crippen molar-refractivity contribution in [3.05, 3.63) is 0 Å². The zero-order chi connectivity index (χ0) is 17.7. The van der Waals surface area contributed by atoms with Gasteiger partial charge in [0.1, 0.15) is 0 Å². The molecule has 2 rings (SSSR count). The fourth-order valence-corrected chi connectivity index (χ4v) is 3.88. The molecular formula is C19H35N3O2. The van der Waals surface area contributed by atoms with Crippen LogP contribution in [-0.2, 0) is 9.59 Å². The predicted molar refractivity (Wildman–Crippen MR) is 96.6 cm³/mol. The number of piperidine rings is 1. The maximum absolute atomic E-state index is 12.6. The van der Waals surface area contributed by atoms with Gasteiger partial charge in [0.15, 0.2) is 0 Å². The van der Waals surface area contributed by atoms with Gasteiger partial charge in [0.25, 0.3) is 0 Å². The van der Waals surface area contributed by atoms with Crippen molar-refractivity contribution in [2.24, 2.45) is 17.8 Å². The molecule has 0 spiro atoms. The number of hydrogen-bond acceptors (Lipinski definition) is 3. The fraction of sp³-hybridized carbons (Fsp3) is 0.895. The second kappa shape index (κ2) is 8.84. The van der Waals surface area contributed by atoms with Crippen LogP contribution in [0, 0.1) is 17.8 Å². The van der Waals surface area contributed by atoms with Crippen molar-refractivity contribution in [3.8, 4) is 0 Å². The third-order valence-corrected chi connectivity index (χ3v) is 5.24. The molecule has 24 heavy (non-hydrogen) atoms. The Morgan fingerprint density at radius 1 is 0.917 bits per heavy atom.